The summed E-state index contributed by atoms with van der Waals surface area (Å²) < 4.78 is 27.1. The Balaban J connectivity index is 1.82. The molecule has 1 amide bonds. The molecule has 2 aromatic carbocycles. The number of benzene rings is 2. The van der Waals surface area contributed by atoms with Crippen LogP contribution in [0.1, 0.15) is 35.2 Å². The van der Waals surface area contributed by atoms with Crippen LogP contribution in [0.3, 0.4) is 0 Å². The summed E-state index contributed by atoms with van der Waals surface area (Å²) in [5.74, 6) is -0.245. The molecule has 0 radical (unpaired) electrons. The normalized spacial score (nSPS) is 15.7. The van der Waals surface area contributed by atoms with Gasteiger partial charge in [0.25, 0.3) is 5.91 Å². The standard InChI is InChI=1S/C19H22N2O3S/c1-15-8-3-4-11-18(15)19(22)20-16-9-7-10-17(14-16)25(23,24)21-12-5-2-6-13-21/h3-4,7-11,14H,2,5-6,12-13H2,1H3,(H,20,22). The molecule has 1 heterocycles. The van der Waals surface area contributed by atoms with E-state index in [2.05, 4.69) is 5.32 Å². The highest BCUT2D eigenvalue weighted by atomic mass is 32.2. The Kier molecular flexibility index (Phi) is 5.20. The number of nitrogens with zero attached hydrogens (tertiary/aromatic N) is 1. The predicted molar refractivity (Wildman–Crippen MR) is 98.2 cm³/mol. The third-order valence-corrected chi connectivity index (χ3v) is 6.33. The Labute approximate surface area is 148 Å². The highest BCUT2D eigenvalue weighted by Crippen LogP contribution is 2.23. The van der Waals surface area contributed by atoms with Crippen LogP contribution in [-0.4, -0.2) is 31.7 Å². The summed E-state index contributed by atoms with van der Waals surface area (Å²) in [6.45, 7) is 2.98. The zero-order valence-electron chi connectivity index (χ0n) is 14.2. The lowest BCUT2D eigenvalue weighted by Crippen LogP contribution is -2.35. The number of carbonyl (C=O) groups is 1. The van der Waals surface area contributed by atoms with Gasteiger partial charge in [0, 0.05) is 24.3 Å². The second-order valence-corrected chi connectivity index (χ2v) is 8.20. The van der Waals surface area contributed by atoms with Crippen LogP contribution >= 0.6 is 0 Å². The predicted octanol–water partition coefficient (Wildman–Crippen LogP) is 3.42. The Morgan fingerprint density at radius 1 is 1.00 bits per heavy atom. The highest BCUT2D eigenvalue weighted by molar-refractivity contribution is 7.89. The first-order valence-electron chi connectivity index (χ1n) is 8.46. The van der Waals surface area contributed by atoms with Gasteiger partial charge in [0.15, 0.2) is 0 Å². The van der Waals surface area contributed by atoms with Crippen LogP contribution in [0, 0.1) is 6.92 Å². The molecule has 0 spiro atoms. The molecule has 1 saturated heterocycles. The van der Waals surface area contributed by atoms with Gasteiger partial charge in [-0.15, -0.1) is 0 Å². The number of aryl methyl sites for hydroxylation is 1. The smallest absolute Gasteiger partial charge is 0.255 e. The number of rotatable bonds is 4. The van der Waals surface area contributed by atoms with E-state index in [1.165, 1.54) is 10.4 Å². The van der Waals surface area contributed by atoms with E-state index in [0.717, 1.165) is 24.8 Å². The molecule has 0 bridgehead atoms. The zero-order chi connectivity index (χ0) is 17.9. The number of amides is 1. The zero-order valence-corrected chi connectivity index (χ0v) is 15.1. The largest absolute Gasteiger partial charge is 0.322 e. The second kappa shape index (κ2) is 7.37. The van der Waals surface area contributed by atoms with Crippen molar-refractivity contribution >= 4 is 21.6 Å². The molecule has 6 heteroatoms. The quantitative estimate of drug-likeness (QED) is 0.911. The van der Waals surface area contributed by atoms with Gasteiger partial charge in [-0.2, -0.15) is 4.31 Å². The Morgan fingerprint density at radius 3 is 2.44 bits per heavy atom. The van der Waals surface area contributed by atoms with Crippen molar-refractivity contribution in [3.63, 3.8) is 0 Å². The van der Waals surface area contributed by atoms with E-state index in [-0.39, 0.29) is 10.8 Å². The van der Waals surface area contributed by atoms with Crippen molar-refractivity contribution in [1.82, 2.24) is 4.31 Å². The average Bonchev–Trinajstić information content (AvgIpc) is 2.63. The van der Waals surface area contributed by atoms with Gasteiger partial charge >= 0.3 is 0 Å². The molecule has 0 aliphatic carbocycles. The van der Waals surface area contributed by atoms with E-state index in [0.29, 0.717) is 24.3 Å². The Bertz CT molecular complexity index is 872. The molecule has 0 unspecified atom stereocenters. The topological polar surface area (TPSA) is 66.5 Å². The molecule has 5 nitrogen and oxygen atoms in total. The number of nitrogens with one attached hydrogen (secondary N) is 1. The fraction of sp³-hybridized carbons (Fsp3) is 0.316. The summed E-state index contributed by atoms with van der Waals surface area (Å²) in [7, 11) is -3.51. The lowest BCUT2D eigenvalue weighted by atomic mass is 10.1. The average molecular weight is 358 g/mol. The molecular weight excluding hydrogens is 336 g/mol. The molecule has 1 aliphatic rings. The van der Waals surface area contributed by atoms with Gasteiger partial charge in [-0.3, -0.25) is 4.79 Å². The van der Waals surface area contributed by atoms with Crippen molar-refractivity contribution in [1.29, 1.82) is 0 Å². The first-order chi connectivity index (χ1) is 12.0. The Morgan fingerprint density at radius 2 is 1.72 bits per heavy atom. The first-order valence-corrected chi connectivity index (χ1v) is 9.90. The Hall–Kier alpha value is -2.18. The number of anilines is 1. The van der Waals surface area contributed by atoms with Crippen LogP contribution in [-0.2, 0) is 10.0 Å². The number of hydrogen-bond acceptors (Lipinski definition) is 3. The van der Waals surface area contributed by atoms with Crippen LogP contribution in [0.5, 0.6) is 0 Å². The van der Waals surface area contributed by atoms with E-state index in [9.17, 15) is 13.2 Å². The fourth-order valence-electron chi connectivity index (χ4n) is 3.01. The van der Waals surface area contributed by atoms with Crippen molar-refractivity contribution in [2.24, 2.45) is 0 Å². The molecule has 1 N–H and O–H groups in total. The van der Waals surface area contributed by atoms with Crippen LogP contribution in [0.15, 0.2) is 53.4 Å². The number of sulfonamides is 1. The van der Waals surface area contributed by atoms with Gasteiger partial charge in [0.05, 0.1) is 4.90 Å². The van der Waals surface area contributed by atoms with Gasteiger partial charge in [0.2, 0.25) is 10.0 Å². The number of piperidine rings is 1. The van der Waals surface area contributed by atoms with Crippen molar-refractivity contribution in [2.75, 3.05) is 18.4 Å². The van der Waals surface area contributed by atoms with Crippen molar-refractivity contribution in [3.8, 4) is 0 Å². The summed E-state index contributed by atoms with van der Waals surface area (Å²) >= 11 is 0. The second-order valence-electron chi connectivity index (χ2n) is 6.26. The van der Waals surface area contributed by atoms with Crippen LogP contribution in [0.4, 0.5) is 5.69 Å². The third kappa shape index (κ3) is 3.91. The summed E-state index contributed by atoms with van der Waals surface area (Å²) in [6, 6.07) is 13.8. The minimum absolute atomic E-state index is 0.219. The van der Waals surface area contributed by atoms with E-state index >= 15 is 0 Å². The van der Waals surface area contributed by atoms with E-state index in [4.69, 9.17) is 0 Å². The van der Waals surface area contributed by atoms with E-state index in [1.807, 2.05) is 19.1 Å². The van der Waals surface area contributed by atoms with E-state index < -0.39 is 10.0 Å². The molecule has 0 aromatic heterocycles. The number of hydrogen-bond donors (Lipinski definition) is 1. The van der Waals surface area contributed by atoms with Gasteiger partial charge < -0.3 is 5.32 Å². The SMILES string of the molecule is Cc1ccccc1C(=O)Nc1cccc(S(=O)(=O)N2CCCCC2)c1. The molecule has 25 heavy (non-hydrogen) atoms. The monoisotopic (exact) mass is 358 g/mol. The van der Waals surface area contributed by atoms with Crippen LogP contribution < -0.4 is 5.32 Å². The van der Waals surface area contributed by atoms with Crippen LogP contribution in [0.2, 0.25) is 0 Å². The molecule has 132 valence electrons. The maximum Gasteiger partial charge on any atom is 0.255 e. The lowest BCUT2D eigenvalue weighted by molar-refractivity contribution is 0.102. The van der Waals surface area contributed by atoms with Gasteiger partial charge in [-0.05, 0) is 49.6 Å². The van der Waals surface area contributed by atoms with Crippen molar-refractivity contribution in [3.05, 3.63) is 59.7 Å². The maximum atomic E-state index is 12.8. The summed E-state index contributed by atoms with van der Waals surface area (Å²) in [5, 5.41) is 2.79. The molecule has 0 atom stereocenters. The molecule has 1 aliphatic heterocycles. The maximum absolute atomic E-state index is 12.8. The summed E-state index contributed by atoms with van der Waals surface area (Å²) in [5.41, 5.74) is 1.93. The van der Waals surface area contributed by atoms with Gasteiger partial charge in [0.1, 0.15) is 0 Å². The lowest BCUT2D eigenvalue weighted by Gasteiger charge is -2.26. The number of carbonyl (C=O) groups excluding carboxylic acids is 1. The van der Waals surface area contributed by atoms with Gasteiger partial charge in [-0.1, -0.05) is 30.7 Å². The van der Waals surface area contributed by atoms with Gasteiger partial charge in [-0.25, -0.2) is 8.42 Å². The molecule has 3 rings (SSSR count). The van der Waals surface area contributed by atoms with Crippen molar-refractivity contribution < 1.29 is 13.2 Å². The minimum Gasteiger partial charge on any atom is -0.322 e. The summed E-state index contributed by atoms with van der Waals surface area (Å²) in [6.07, 6.45) is 2.85. The van der Waals surface area contributed by atoms with Crippen LogP contribution in [0.25, 0.3) is 0 Å². The van der Waals surface area contributed by atoms with E-state index in [1.54, 1.807) is 30.3 Å². The third-order valence-electron chi connectivity index (χ3n) is 4.43. The fourth-order valence-corrected chi connectivity index (χ4v) is 4.58. The van der Waals surface area contributed by atoms with Crippen molar-refractivity contribution in [2.45, 2.75) is 31.1 Å². The molecule has 2 aromatic rings. The first kappa shape index (κ1) is 17.6. The molecule has 1 fully saturated rings. The molecule has 0 saturated carbocycles. The summed E-state index contributed by atoms with van der Waals surface area (Å²) in [4.78, 5) is 12.6. The molecular formula is C19H22N2O3S. The minimum atomic E-state index is -3.51. The highest BCUT2D eigenvalue weighted by Gasteiger charge is 2.26.